The van der Waals surface area contributed by atoms with Crippen LogP contribution in [-0.2, 0) is 10.0 Å². The first-order chi connectivity index (χ1) is 9.96. The highest BCUT2D eigenvalue weighted by Crippen LogP contribution is 2.23. The van der Waals surface area contributed by atoms with Gasteiger partial charge in [-0.05, 0) is 43.6 Å². The third kappa shape index (κ3) is 3.95. The van der Waals surface area contributed by atoms with Crippen molar-refractivity contribution in [3.63, 3.8) is 0 Å². The van der Waals surface area contributed by atoms with Gasteiger partial charge in [-0.2, -0.15) is 5.26 Å². The summed E-state index contributed by atoms with van der Waals surface area (Å²) in [6.45, 7) is 5.43. The lowest BCUT2D eigenvalue weighted by molar-refractivity contribution is 0.342. The summed E-state index contributed by atoms with van der Waals surface area (Å²) in [4.78, 5) is 2.32. The monoisotopic (exact) mass is 327 g/mol. The average Bonchev–Trinajstić information content (AvgIpc) is 2.93. The van der Waals surface area contributed by atoms with E-state index in [9.17, 15) is 8.42 Å². The first kappa shape index (κ1) is 16.2. The standard InChI is InChI=1S/C14H18ClN3O2S/c1-2-18-6-5-12(10-18)9-17-21(19,20)14-4-3-11(8-16)7-13(14)15/h3-4,7,12,17H,2,5-6,9-10H2,1H3. The number of hydrogen-bond acceptors (Lipinski definition) is 4. The fourth-order valence-corrected chi connectivity index (χ4v) is 4.12. The Balaban J connectivity index is 2.04. The summed E-state index contributed by atoms with van der Waals surface area (Å²) in [5.41, 5.74) is 0.341. The number of benzene rings is 1. The smallest absolute Gasteiger partial charge is 0.242 e. The largest absolute Gasteiger partial charge is 0.303 e. The number of likely N-dealkylation sites (tertiary alicyclic amines) is 1. The minimum atomic E-state index is -3.64. The summed E-state index contributed by atoms with van der Waals surface area (Å²) in [5, 5.41) is 8.84. The fourth-order valence-electron chi connectivity index (χ4n) is 2.46. The molecule has 0 bridgehead atoms. The zero-order valence-corrected chi connectivity index (χ0v) is 13.4. The van der Waals surface area contributed by atoms with Crippen molar-refractivity contribution in [2.24, 2.45) is 5.92 Å². The Kier molecular flexibility index (Phi) is 5.22. The van der Waals surface area contributed by atoms with Crippen molar-refractivity contribution >= 4 is 21.6 Å². The summed E-state index contributed by atoms with van der Waals surface area (Å²) in [7, 11) is -3.64. The Morgan fingerprint density at radius 3 is 2.86 bits per heavy atom. The number of nitriles is 1. The molecule has 1 N–H and O–H groups in total. The van der Waals surface area contributed by atoms with Crippen molar-refractivity contribution in [1.29, 1.82) is 5.26 Å². The summed E-state index contributed by atoms with van der Waals surface area (Å²) in [5.74, 6) is 0.330. The molecular formula is C14H18ClN3O2S. The molecular weight excluding hydrogens is 310 g/mol. The lowest BCUT2D eigenvalue weighted by Gasteiger charge is -2.14. The molecule has 0 spiro atoms. The maximum atomic E-state index is 12.3. The van der Waals surface area contributed by atoms with E-state index in [4.69, 9.17) is 16.9 Å². The highest BCUT2D eigenvalue weighted by Gasteiger charge is 2.24. The van der Waals surface area contributed by atoms with Crippen molar-refractivity contribution in [3.05, 3.63) is 28.8 Å². The molecule has 2 rings (SSSR count). The molecule has 0 radical (unpaired) electrons. The fraction of sp³-hybridized carbons (Fsp3) is 0.500. The molecule has 1 unspecified atom stereocenters. The van der Waals surface area contributed by atoms with Crippen LogP contribution in [-0.4, -0.2) is 39.5 Å². The maximum Gasteiger partial charge on any atom is 0.242 e. The maximum absolute atomic E-state index is 12.3. The molecule has 21 heavy (non-hydrogen) atoms. The third-order valence-corrected chi connectivity index (χ3v) is 5.64. The SMILES string of the molecule is CCN1CCC(CNS(=O)(=O)c2ccc(C#N)cc2Cl)C1. The molecule has 1 aromatic carbocycles. The second kappa shape index (κ2) is 6.75. The van der Waals surface area contributed by atoms with E-state index in [1.807, 2.05) is 6.07 Å². The van der Waals surface area contributed by atoms with Crippen LogP contribution in [0.25, 0.3) is 0 Å². The molecule has 1 aromatic rings. The predicted octanol–water partition coefficient (Wildman–Crippen LogP) is 1.83. The first-order valence-corrected chi connectivity index (χ1v) is 8.74. The van der Waals surface area contributed by atoms with Crippen molar-refractivity contribution in [1.82, 2.24) is 9.62 Å². The minimum Gasteiger partial charge on any atom is -0.303 e. The van der Waals surface area contributed by atoms with Crippen LogP contribution in [0.1, 0.15) is 18.9 Å². The van der Waals surface area contributed by atoms with Crippen LogP contribution in [0, 0.1) is 17.2 Å². The third-order valence-electron chi connectivity index (χ3n) is 3.73. The van der Waals surface area contributed by atoms with E-state index >= 15 is 0 Å². The molecule has 7 heteroatoms. The van der Waals surface area contributed by atoms with Crippen molar-refractivity contribution in [3.8, 4) is 6.07 Å². The number of rotatable bonds is 5. The van der Waals surface area contributed by atoms with E-state index in [1.54, 1.807) is 0 Å². The van der Waals surface area contributed by atoms with Gasteiger partial charge in [0, 0.05) is 13.1 Å². The Morgan fingerprint density at radius 2 is 2.29 bits per heavy atom. The molecule has 0 aliphatic carbocycles. The molecule has 0 amide bonds. The Hall–Kier alpha value is -1.13. The van der Waals surface area contributed by atoms with Crippen LogP contribution in [0.4, 0.5) is 0 Å². The summed E-state index contributed by atoms with van der Waals surface area (Å²) in [6, 6.07) is 6.12. The summed E-state index contributed by atoms with van der Waals surface area (Å²) >= 11 is 5.96. The molecule has 0 saturated carbocycles. The summed E-state index contributed by atoms with van der Waals surface area (Å²) in [6.07, 6.45) is 0.997. The molecule has 1 atom stereocenters. The van der Waals surface area contributed by atoms with Gasteiger partial charge < -0.3 is 4.90 Å². The van der Waals surface area contributed by atoms with Gasteiger partial charge in [0.2, 0.25) is 10.0 Å². The van der Waals surface area contributed by atoms with Gasteiger partial charge >= 0.3 is 0 Å². The van der Waals surface area contributed by atoms with Crippen LogP contribution in [0.3, 0.4) is 0 Å². The van der Waals surface area contributed by atoms with Gasteiger partial charge in [0.1, 0.15) is 4.90 Å². The molecule has 1 saturated heterocycles. The number of halogens is 1. The zero-order valence-electron chi connectivity index (χ0n) is 11.8. The van der Waals surface area contributed by atoms with Crippen LogP contribution >= 0.6 is 11.6 Å². The van der Waals surface area contributed by atoms with Gasteiger partial charge in [-0.3, -0.25) is 0 Å². The highest BCUT2D eigenvalue weighted by atomic mass is 35.5. The lowest BCUT2D eigenvalue weighted by Crippen LogP contribution is -2.31. The molecule has 114 valence electrons. The topological polar surface area (TPSA) is 73.2 Å². The van der Waals surface area contributed by atoms with Crippen molar-refractivity contribution < 1.29 is 8.42 Å². The van der Waals surface area contributed by atoms with Crippen LogP contribution < -0.4 is 4.72 Å². The van der Waals surface area contributed by atoms with Gasteiger partial charge in [-0.15, -0.1) is 0 Å². The second-order valence-electron chi connectivity index (χ2n) is 5.16. The number of nitrogens with zero attached hydrogens (tertiary/aromatic N) is 2. The van der Waals surface area contributed by atoms with Gasteiger partial charge in [-0.25, -0.2) is 13.1 Å². The predicted molar refractivity (Wildman–Crippen MR) is 81.6 cm³/mol. The van der Waals surface area contributed by atoms with E-state index < -0.39 is 10.0 Å². The second-order valence-corrected chi connectivity index (χ2v) is 7.30. The summed E-state index contributed by atoms with van der Waals surface area (Å²) < 4.78 is 27.2. The molecule has 5 nitrogen and oxygen atoms in total. The van der Waals surface area contributed by atoms with E-state index in [-0.39, 0.29) is 9.92 Å². The first-order valence-electron chi connectivity index (χ1n) is 6.88. The Morgan fingerprint density at radius 1 is 1.52 bits per heavy atom. The van der Waals surface area contributed by atoms with E-state index in [0.717, 1.165) is 26.1 Å². The van der Waals surface area contributed by atoms with Crippen LogP contribution in [0.2, 0.25) is 5.02 Å². The molecule has 1 fully saturated rings. The van der Waals surface area contributed by atoms with E-state index in [2.05, 4.69) is 16.5 Å². The van der Waals surface area contributed by atoms with E-state index in [1.165, 1.54) is 18.2 Å². The van der Waals surface area contributed by atoms with Gasteiger partial charge in [0.15, 0.2) is 0 Å². The normalized spacial score (nSPS) is 19.6. The highest BCUT2D eigenvalue weighted by molar-refractivity contribution is 7.89. The number of hydrogen-bond donors (Lipinski definition) is 1. The lowest BCUT2D eigenvalue weighted by atomic mass is 10.1. The molecule has 1 aliphatic rings. The Bertz CT molecular complexity index is 655. The number of nitrogens with one attached hydrogen (secondary N) is 1. The zero-order chi connectivity index (χ0) is 15.5. The Labute approximate surface area is 130 Å². The molecule has 1 heterocycles. The molecule has 1 aliphatic heterocycles. The quantitative estimate of drug-likeness (QED) is 0.895. The van der Waals surface area contributed by atoms with Gasteiger partial charge in [0.25, 0.3) is 0 Å². The average molecular weight is 328 g/mol. The molecule has 0 aromatic heterocycles. The van der Waals surface area contributed by atoms with Gasteiger partial charge in [0.05, 0.1) is 16.7 Å². The van der Waals surface area contributed by atoms with Crippen molar-refractivity contribution in [2.75, 3.05) is 26.2 Å². The van der Waals surface area contributed by atoms with E-state index in [0.29, 0.717) is 18.0 Å². The van der Waals surface area contributed by atoms with Gasteiger partial charge in [-0.1, -0.05) is 18.5 Å². The van der Waals surface area contributed by atoms with Crippen LogP contribution in [0.15, 0.2) is 23.1 Å². The minimum absolute atomic E-state index is 0.0218. The van der Waals surface area contributed by atoms with Crippen LogP contribution in [0.5, 0.6) is 0 Å². The number of sulfonamides is 1. The van der Waals surface area contributed by atoms with Crippen molar-refractivity contribution in [2.45, 2.75) is 18.2 Å².